The van der Waals surface area contributed by atoms with Gasteiger partial charge in [-0.2, -0.15) is 0 Å². The van der Waals surface area contributed by atoms with Gasteiger partial charge in [0.15, 0.2) is 0 Å². The van der Waals surface area contributed by atoms with E-state index >= 15 is 0 Å². The summed E-state index contributed by atoms with van der Waals surface area (Å²) in [5, 5.41) is 6.23. The Morgan fingerprint density at radius 3 is 2.62 bits per heavy atom. The minimum absolute atomic E-state index is 0.0882. The number of carbonyl (C=O) groups excluding carboxylic acids is 1. The van der Waals surface area contributed by atoms with Gasteiger partial charge in [-0.3, -0.25) is 4.90 Å². The van der Waals surface area contributed by atoms with E-state index in [1.807, 2.05) is 30.3 Å². The number of benzene rings is 1. The molecule has 4 rings (SSSR count). The summed E-state index contributed by atoms with van der Waals surface area (Å²) in [7, 11) is 0. The van der Waals surface area contributed by atoms with Crippen LogP contribution in [0.4, 0.5) is 10.5 Å². The van der Waals surface area contributed by atoms with Crippen LogP contribution in [0.25, 0.3) is 0 Å². The summed E-state index contributed by atoms with van der Waals surface area (Å²) < 4.78 is 5.52. The SMILES string of the molecule is CCc1ccccc1NC(=O)NC1C[C@H]2CC[C@H](C1)N2Cc1ccco1. The third-order valence-corrected chi connectivity index (χ3v) is 5.78. The molecule has 26 heavy (non-hydrogen) atoms. The van der Waals surface area contributed by atoms with Gasteiger partial charge in [0, 0.05) is 23.8 Å². The highest BCUT2D eigenvalue weighted by Crippen LogP contribution is 2.36. The van der Waals surface area contributed by atoms with Crippen molar-refractivity contribution in [1.29, 1.82) is 0 Å². The zero-order valence-corrected chi connectivity index (χ0v) is 15.3. The monoisotopic (exact) mass is 353 g/mol. The van der Waals surface area contributed by atoms with Crippen molar-refractivity contribution < 1.29 is 9.21 Å². The number of carbonyl (C=O) groups is 1. The zero-order valence-electron chi connectivity index (χ0n) is 15.3. The maximum Gasteiger partial charge on any atom is 0.319 e. The second kappa shape index (κ2) is 7.54. The molecule has 2 aliphatic rings. The fourth-order valence-corrected chi connectivity index (χ4v) is 4.53. The smallest absolute Gasteiger partial charge is 0.319 e. The molecule has 0 unspecified atom stereocenters. The van der Waals surface area contributed by atoms with Crippen LogP contribution in [0.15, 0.2) is 47.1 Å². The van der Waals surface area contributed by atoms with E-state index in [-0.39, 0.29) is 12.1 Å². The number of nitrogens with zero attached hydrogens (tertiary/aromatic N) is 1. The van der Waals surface area contributed by atoms with Gasteiger partial charge in [-0.05, 0) is 55.9 Å². The number of para-hydroxylation sites is 1. The summed E-state index contributed by atoms with van der Waals surface area (Å²) in [6.07, 6.45) is 7.10. The lowest BCUT2D eigenvalue weighted by Crippen LogP contribution is -2.50. The number of hydrogen-bond donors (Lipinski definition) is 2. The first-order valence-electron chi connectivity index (χ1n) is 9.66. The Morgan fingerprint density at radius 1 is 1.15 bits per heavy atom. The summed E-state index contributed by atoms with van der Waals surface area (Å²) in [6.45, 7) is 2.98. The number of urea groups is 1. The molecule has 1 aromatic heterocycles. The molecule has 1 aromatic carbocycles. The largest absolute Gasteiger partial charge is 0.468 e. The quantitative estimate of drug-likeness (QED) is 0.849. The summed E-state index contributed by atoms with van der Waals surface area (Å²) in [4.78, 5) is 15.0. The maximum atomic E-state index is 12.5. The predicted molar refractivity (Wildman–Crippen MR) is 102 cm³/mol. The molecule has 2 saturated heterocycles. The third-order valence-electron chi connectivity index (χ3n) is 5.78. The highest BCUT2D eigenvalue weighted by molar-refractivity contribution is 5.90. The van der Waals surface area contributed by atoms with Gasteiger partial charge in [0.05, 0.1) is 12.8 Å². The molecule has 5 nitrogen and oxygen atoms in total. The Morgan fingerprint density at radius 2 is 1.92 bits per heavy atom. The van der Waals surface area contributed by atoms with Crippen molar-refractivity contribution in [2.75, 3.05) is 5.32 Å². The van der Waals surface area contributed by atoms with Crippen molar-refractivity contribution >= 4 is 11.7 Å². The van der Waals surface area contributed by atoms with Crippen LogP contribution in [-0.2, 0) is 13.0 Å². The predicted octanol–water partition coefficient (Wildman–Crippen LogP) is 4.16. The Kier molecular flexibility index (Phi) is 4.98. The molecule has 2 aliphatic heterocycles. The van der Waals surface area contributed by atoms with E-state index in [4.69, 9.17) is 4.42 Å². The number of hydrogen-bond acceptors (Lipinski definition) is 3. The van der Waals surface area contributed by atoms with Crippen molar-refractivity contribution in [2.24, 2.45) is 0 Å². The Hall–Kier alpha value is -2.27. The molecular formula is C21H27N3O2. The standard InChI is InChI=1S/C21H27N3O2/c1-2-15-6-3-4-8-20(15)23-21(25)22-16-12-17-9-10-18(13-16)24(17)14-19-7-5-11-26-19/h3-8,11,16-18H,2,9-10,12-14H2,1H3,(H2,22,23,25)/t17-,18-/m1/s1. The van der Waals surface area contributed by atoms with E-state index in [1.165, 1.54) is 12.8 Å². The van der Waals surface area contributed by atoms with Crippen LogP contribution in [0.1, 0.15) is 43.9 Å². The highest BCUT2D eigenvalue weighted by Gasteiger charge is 2.41. The van der Waals surface area contributed by atoms with Gasteiger partial charge in [0.1, 0.15) is 5.76 Å². The average Bonchev–Trinajstić information content (AvgIpc) is 3.22. The van der Waals surface area contributed by atoms with Crippen molar-refractivity contribution in [2.45, 2.75) is 63.7 Å². The average molecular weight is 353 g/mol. The molecule has 138 valence electrons. The molecule has 0 spiro atoms. The number of aryl methyl sites for hydroxylation is 1. The van der Waals surface area contributed by atoms with Gasteiger partial charge in [-0.15, -0.1) is 0 Å². The van der Waals surface area contributed by atoms with Gasteiger partial charge in [-0.25, -0.2) is 4.79 Å². The van der Waals surface area contributed by atoms with Crippen LogP contribution in [0.3, 0.4) is 0 Å². The van der Waals surface area contributed by atoms with Crippen LogP contribution in [0.2, 0.25) is 0 Å². The van der Waals surface area contributed by atoms with Crippen LogP contribution in [-0.4, -0.2) is 29.1 Å². The fraction of sp³-hybridized carbons (Fsp3) is 0.476. The van der Waals surface area contributed by atoms with Crippen LogP contribution in [0.5, 0.6) is 0 Å². The van der Waals surface area contributed by atoms with Crippen LogP contribution < -0.4 is 10.6 Å². The first-order valence-corrected chi connectivity index (χ1v) is 9.66. The minimum Gasteiger partial charge on any atom is -0.468 e. The second-order valence-electron chi connectivity index (χ2n) is 7.41. The van der Waals surface area contributed by atoms with E-state index in [0.717, 1.165) is 42.8 Å². The first-order chi connectivity index (χ1) is 12.7. The molecule has 0 radical (unpaired) electrons. The van der Waals surface area contributed by atoms with Crippen molar-refractivity contribution in [3.63, 3.8) is 0 Å². The lowest BCUT2D eigenvalue weighted by atomic mass is 9.97. The summed E-state index contributed by atoms with van der Waals surface area (Å²) in [5.41, 5.74) is 2.07. The number of anilines is 1. The Labute approximate surface area is 154 Å². The Bertz CT molecular complexity index is 729. The number of amides is 2. The van der Waals surface area contributed by atoms with Gasteiger partial charge < -0.3 is 15.1 Å². The molecule has 3 heterocycles. The molecule has 2 atom stereocenters. The summed E-state index contributed by atoms with van der Waals surface area (Å²) in [6, 6.07) is 13.2. The van der Waals surface area contributed by atoms with E-state index in [0.29, 0.717) is 12.1 Å². The molecule has 2 bridgehead atoms. The zero-order chi connectivity index (χ0) is 17.9. The van der Waals surface area contributed by atoms with Gasteiger partial charge in [0.25, 0.3) is 0 Å². The molecule has 2 N–H and O–H groups in total. The number of furan rings is 1. The molecule has 2 fully saturated rings. The van der Waals surface area contributed by atoms with Crippen LogP contribution in [0, 0.1) is 0 Å². The highest BCUT2D eigenvalue weighted by atomic mass is 16.3. The fourth-order valence-electron chi connectivity index (χ4n) is 4.53. The second-order valence-corrected chi connectivity index (χ2v) is 7.41. The molecular weight excluding hydrogens is 326 g/mol. The first kappa shape index (κ1) is 17.2. The number of nitrogens with one attached hydrogen (secondary N) is 2. The minimum atomic E-state index is -0.0882. The lowest BCUT2D eigenvalue weighted by molar-refractivity contribution is 0.104. The number of rotatable bonds is 5. The Balaban J connectivity index is 1.33. The van der Waals surface area contributed by atoms with E-state index in [2.05, 4.69) is 28.5 Å². The third kappa shape index (κ3) is 3.63. The van der Waals surface area contributed by atoms with Crippen molar-refractivity contribution in [3.05, 3.63) is 54.0 Å². The van der Waals surface area contributed by atoms with Crippen LogP contribution >= 0.6 is 0 Å². The lowest BCUT2D eigenvalue weighted by Gasteiger charge is -2.38. The number of piperidine rings is 1. The van der Waals surface area contributed by atoms with E-state index in [1.54, 1.807) is 6.26 Å². The molecule has 5 heteroatoms. The molecule has 0 aliphatic carbocycles. The van der Waals surface area contributed by atoms with Gasteiger partial charge in [0.2, 0.25) is 0 Å². The van der Waals surface area contributed by atoms with Crippen molar-refractivity contribution in [3.8, 4) is 0 Å². The normalized spacial score (nSPS) is 25.2. The van der Waals surface area contributed by atoms with Gasteiger partial charge >= 0.3 is 6.03 Å². The van der Waals surface area contributed by atoms with E-state index in [9.17, 15) is 4.79 Å². The molecule has 2 aromatic rings. The maximum absolute atomic E-state index is 12.5. The number of fused-ring (bicyclic) bond motifs is 2. The van der Waals surface area contributed by atoms with E-state index < -0.39 is 0 Å². The van der Waals surface area contributed by atoms with Crippen molar-refractivity contribution in [1.82, 2.24) is 10.2 Å². The molecule has 0 saturated carbocycles. The topological polar surface area (TPSA) is 57.5 Å². The molecule has 2 amide bonds. The van der Waals surface area contributed by atoms with Gasteiger partial charge in [-0.1, -0.05) is 25.1 Å². The summed E-state index contributed by atoms with van der Waals surface area (Å²) in [5.74, 6) is 1.03. The summed E-state index contributed by atoms with van der Waals surface area (Å²) >= 11 is 0.